The van der Waals surface area contributed by atoms with E-state index in [1.54, 1.807) is 0 Å². The van der Waals surface area contributed by atoms with Gasteiger partial charge in [-0.25, -0.2) is 9.97 Å². The van der Waals surface area contributed by atoms with Crippen molar-refractivity contribution in [3.8, 4) is 89.5 Å². The van der Waals surface area contributed by atoms with Gasteiger partial charge in [-0.2, -0.15) is 0 Å². The van der Waals surface area contributed by atoms with Crippen LogP contribution in [0.2, 0.25) is 0 Å². The van der Waals surface area contributed by atoms with Crippen molar-refractivity contribution < 1.29 is 0 Å². The maximum Gasteiger partial charge on any atom is 0.160 e. The highest BCUT2D eigenvalue weighted by atomic mass is 14.9. The van der Waals surface area contributed by atoms with E-state index < -0.39 is 0 Å². The molecule has 2 nitrogen and oxygen atoms in total. The third-order valence-corrected chi connectivity index (χ3v) is 12.6. The molecule has 1 aromatic heterocycles. The summed E-state index contributed by atoms with van der Waals surface area (Å²) in [7, 11) is 0. The van der Waals surface area contributed by atoms with Gasteiger partial charge in [-0.05, 0) is 89.7 Å². The quantitative estimate of drug-likeness (QED) is 0.161. The number of aromatic nitrogens is 2. The predicted molar refractivity (Wildman–Crippen MR) is 255 cm³/mol. The van der Waals surface area contributed by atoms with Gasteiger partial charge in [0.15, 0.2) is 5.82 Å². The molecule has 0 radical (unpaired) electrons. The second-order valence-electron chi connectivity index (χ2n) is 16.5. The molecular weight excluding hydrogens is 737 g/mol. The van der Waals surface area contributed by atoms with Gasteiger partial charge >= 0.3 is 0 Å². The van der Waals surface area contributed by atoms with Crippen LogP contribution in [0.15, 0.2) is 218 Å². The molecule has 0 aliphatic heterocycles. The zero-order valence-corrected chi connectivity index (χ0v) is 34.2. The highest BCUT2D eigenvalue weighted by Gasteiger charge is 2.36. The molecule has 0 unspecified atom stereocenters. The predicted octanol–water partition coefficient (Wildman–Crippen LogP) is 15.6. The van der Waals surface area contributed by atoms with E-state index in [0.717, 1.165) is 44.6 Å². The van der Waals surface area contributed by atoms with Crippen molar-refractivity contribution in [1.82, 2.24) is 9.97 Å². The van der Waals surface area contributed by atoms with Crippen LogP contribution in [0.3, 0.4) is 0 Å². The van der Waals surface area contributed by atoms with Crippen molar-refractivity contribution >= 4 is 10.8 Å². The summed E-state index contributed by atoms with van der Waals surface area (Å²) in [6.07, 6.45) is 0. The second-order valence-corrected chi connectivity index (χ2v) is 16.5. The van der Waals surface area contributed by atoms with Gasteiger partial charge in [-0.3, -0.25) is 0 Å². The zero-order chi connectivity index (χ0) is 40.9. The first-order valence-corrected chi connectivity index (χ1v) is 21.1. The van der Waals surface area contributed by atoms with Crippen molar-refractivity contribution in [1.29, 1.82) is 0 Å². The Balaban J connectivity index is 1.02. The van der Waals surface area contributed by atoms with Gasteiger partial charge in [0.25, 0.3) is 0 Å². The minimum absolute atomic E-state index is 0.0348. The van der Waals surface area contributed by atoms with Gasteiger partial charge in [0.2, 0.25) is 0 Å². The molecule has 1 aliphatic rings. The first-order chi connectivity index (χ1) is 30.0. The van der Waals surface area contributed by atoms with Crippen LogP contribution in [0.25, 0.3) is 100 Å². The monoisotopic (exact) mass is 778 g/mol. The fourth-order valence-corrected chi connectivity index (χ4v) is 9.48. The van der Waals surface area contributed by atoms with Crippen molar-refractivity contribution in [3.63, 3.8) is 0 Å². The van der Waals surface area contributed by atoms with Gasteiger partial charge in [-0.1, -0.05) is 220 Å². The summed E-state index contributed by atoms with van der Waals surface area (Å²) >= 11 is 0. The molecule has 61 heavy (non-hydrogen) atoms. The average molecular weight is 779 g/mol. The second kappa shape index (κ2) is 14.9. The van der Waals surface area contributed by atoms with E-state index >= 15 is 0 Å². The molecule has 10 aromatic rings. The largest absolute Gasteiger partial charge is 0.228 e. The molecule has 0 N–H and O–H groups in total. The van der Waals surface area contributed by atoms with Crippen LogP contribution < -0.4 is 0 Å². The fraction of sp³-hybridized carbons (Fsp3) is 0.0508. The molecule has 11 rings (SSSR count). The van der Waals surface area contributed by atoms with Crippen LogP contribution in [-0.2, 0) is 5.41 Å². The van der Waals surface area contributed by atoms with E-state index in [1.165, 1.54) is 61.0 Å². The van der Waals surface area contributed by atoms with E-state index in [9.17, 15) is 0 Å². The van der Waals surface area contributed by atoms with E-state index in [1.807, 2.05) is 18.2 Å². The molecule has 1 heterocycles. The number of nitrogens with zero attached hydrogens (tertiary/aromatic N) is 2. The number of rotatable bonds is 7. The number of fused-ring (bicyclic) bond motifs is 4. The Morgan fingerprint density at radius 1 is 0.295 bits per heavy atom. The lowest BCUT2D eigenvalue weighted by Crippen LogP contribution is -2.14. The van der Waals surface area contributed by atoms with Gasteiger partial charge < -0.3 is 0 Å². The third kappa shape index (κ3) is 6.36. The Hall–Kier alpha value is -7.68. The molecule has 1 aliphatic carbocycles. The van der Waals surface area contributed by atoms with Gasteiger partial charge in [0, 0.05) is 22.1 Å². The molecule has 0 atom stereocenters. The lowest BCUT2D eigenvalue weighted by atomic mass is 9.82. The first kappa shape index (κ1) is 36.4. The fourth-order valence-electron chi connectivity index (χ4n) is 9.48. The third-order valence-electron chi connectivity index (χ3n) is 12.6. The van der Waals surface area contributed by atoms with Crippen LogP contribution >= 0.6 is 0 Å². The van der Waals surface area contributed by atoms with Crippen molar-refractivity contribution in [2.45, 2.75) is 19.3 Å². The summed E-state index contributed by atoms with van der Waals surface area (Å²) in [6, 6.07) is 78.5. The molecule has 0 saturated heterocycles. The lowest BCUT2D eigenvalue weighted by molar-refractivity contribution is 0.660. The Bertz CT molecular complexity index is 3240. The van der Waals surface area contributed by atoms with Gasteiger partial charge in [0.1, 0.15) is 0 Å². The topological polar surface area (TPSA) is 25.8 Å². The van der Waals surface area contributed by atoms with E-state index in [-0.39, 0.29) is 5.41 Å². The Morgan fingerprint density at radius 2 is 0.770 bits per heavy atom. The smallest absolute Gasteiger partial charge is 0.160 e. The minimum atomic E-state index is -0.0348. The average Bonchev–Trinajstić information content (AvgIpc) is 3.57. The van der Waals surface area contributed by atoms with Crippen LogP contribution in [-0.4, -0.2) is 9.97 Å². The maximum atomic E-state index is 5.29. The highest BCUT2D eigenvalue weighted by molar-refractivity contribution is 6.05. The van der Waals surface area contributed by atoms with Crippen LogP contribution in [0, 0.1) is 0 Å². The SMILES string of the molecule is CC1(C)c2ccccc2-c2c(-c3ccc(-c4ccc(-c5cc(-c6ccc(-c7ccccc7)c(-c7ccccc7)c6)nc(-c6ccccc6)n5)c5ccccc45)cc3)cccc21. The molecule has 0 bridgehead atoms. The normalized spacial score (nSPS) is 12.6. The molecule has 0 amide bonds. The van der Waals surface area contributed by atoms with E-state index in [4.69, 9.17) is 9.97 Å². The van der Waals surface area contributed by atoms with Crippen LogP contribution in [0.1, 0.15) is 25.0 Å². The molecular formula is C59H42N2. The number of benzene rings is 9. The summed E-state index contributed by atoms with van der Waals surface area (Å²) in [5.74, 6) is 0.698. The van der Waals surface area contributed by atoms with Crippen LogP contribution in [0.4, 0.5) is 0 Å². The molecule has 0 fully saturated rings. The standard InChI is InChI=1S/C59H42N2/c1-59(2)53-27-15-14-25-51(53)57-47(26-16-28-54(57)59)42-31-29-41(30-32-42)45-35-36-50(49-24-13-12-23-48(45)49)56-38-55(60-58(61-56)43-21-10-5-11-22-43)44-33-34-46(39-17-6-3-7-18-39)52(37-44)40-19-8-4-9-20-40/h3-38H,1-2H3. The van der Waals surface area contributed by atoms with E-state index in [2.05, 4.69) is 214 Å². The highest BCUT2D eigenvalue weighted by Crippen LogP contribution is 2.52. The minimum Gasteiger partial charge on any atom is -0.228 e. The van der Waals surface area contributed by atoms with E-state index in [0.29, 0.717) is 5.82 Å². The molecule has 2 heteroatoms. The van der Waals surface area contributed by atoms with Crippen LogP contribution in [0.5, 0.6) is 0 Å². The summed E-state index contributed by atoms with van der Waals surface area (Å²) in [5.41, 5.74) is 19.9. The Morgan fingerprint density at radius 3 is 1.48 bits per heavy atom. The molecule has 9 aromatic carbocycles. The zero-order valence-electron chi connectivity index (χ0n) is 34.2. The molecule has 0 saturated carbocycles. The first-order valence-electron chi connectivity index (χ1n) is 21.1. The maximum absolute atomic E-state index is 5.29. The number of hydrogen-bond acceptors (Lipinski definition) is 2. The summed E-state index contributed by atoms with van der Waals surface area (Å²) < 4.78 is 0. The summed E-state index contributed by atoms with van der Waals surface area (Å²) in [6.45, 7) is 4.68. The number of hydrogen-bond donors (Lipinski definition) is 0. The van der Waals surface area contributed by atoms with Gasteiger partial charge in [0.05, 0.1) is 11.4 Å². The Labute approximate surface area is 357 Å². The van der Waals surface area contributed by atoms with Crippen molar-refractivity contribution in [2.75, 3.05) is 0 Å². The summed E-state index contributed by atoms with van der Waals surface area (Å²) in [5, 5.41) is 2.33. The Kier molecular flexibility index (Phi) is 8.86. The molecule has 288 valence electrons. The van der Waals surface area contributed by atoms with Gasteiger partial charge in [-0.15, -0.1) is 0 Å². The van der Waals surface area contributed by atoms with Crippen molar-refractivity contribution in [2.24, 2.45) is 0 Å². The lowest BCUT2D eigenvalue weighted by Gasteiger charge is -2.21. The molecule has 0 spiro atoms. The summed E-state index contributed by atoms with van der Waals surface area (Å²) in [4.78, 5) is 10.5. The van der Waals surface area contributed by atoms with Crippen molar-refractivity contribution in [3.05, 3.63) is 230 Å².